The van der Waals surface area contributed by atoms with Gasteiger partial charge in [-0.3, -0.25) is 9.59 Å². The molecular formula is C22H29N3O3. The molecule has 0 bridgehead atoms. The molecule has 1 heterocycles. The van der Waals surface area contributed by atoms with Gasteiger partial charge in [0, 0.05) is 18.2 Å². The molecule has 1 aromatic carbocycles. The van der Waals surface area contributed by atoms with Crippen LogP contribution in [0.5, 0.6) is 0 Å². The minimum absolute atomic E-state index is 0.0113. The Morgan fingerprint density at radius 2 is 1.89 bits per heavy atom. The van der Waals surface area contributed by atoms with Gasteiger partial charge in [0.1, 0.15) is 6.26 Å². The van der Waals surface area contributed by atoms with Crippen molar-refractivity contribution in [3.8, 4) is 0 Å². The van der Waals surface area contributed by atoms with Gasteiger partial charge in [-0.15, -0.1) is 0 Å². The summed E-state index contributed by atoms with van der Waals surface area (Å²) in [6, 6.07) is 9.74. The van der Waals surface area contributed by atoms with E-state index in [1.54, 1.807) is 17.1 Å². The molecule has 2 rings (SSSR count). The molecular weight excluding hydrogens is 354 g/mol. The number of carbonyl (C=O) groups is 2. The number of carbonyl (C=O) groups excluding carboxylic acids is 2. The first kappa shape index (κ1) is 21.4. The number of hydrogen-bond acceptors (Lipinski definition) is 4. The molecule has 0 saturated heterocycles. The van der Waals surface area contributed by atoms with Crippen molar-refractivity contribution in [3.63, 3.8) is 0 Å². The third-order valence-electron chi connectivity index (χ3n) is 4.70. The summed E-state index contributed by atoms with van der Waals surface area (Å²) in [7, 11) is 0. The fraction of sp³-hybridized carbons (Fsp3) is 0.409. The van der Waals surface area contributed by atoms with Crippen LogP contribution in [0, 0.1) is 0 Å². The Bertz CT molecular complexity index is 798. The van der Waals surface area contributed by atoms with Crippen LogP contribution >= 0.6 is 0 Å². The van der Waals surface area contributed by atoms with E-state index in [2.05, 4.69) is 10.3 Å². The van der Waals surface area contributed by atoms with Gasteiger partial charge in [-0.05, 0) is 38.3 Å². The van der Waals surface area contributed by atoms with E-state index in [1.165, 1.54) is 6.26 Å². The zero-order valence-electron chi connectivity index (χ0n) is 17.0. The van der Waals surface area contributed by atoms with Crippen LogP contribution in [-0.4, -0.2) is 33.8 Å². The number of aromatic nitrogens is 1. The summed E-state index contributed by atoms with van der Waals surface area (Å²) >= 11 is 0. The van der Waals surface area contributed by atoms with Crippen molar-refractivity contribution in [2.24, 2.45) is 0 Å². The van der Waals surface area contributed by atoms with Gasteiger partial charge in [-0.1, -0.05) is 44.2 Å². The Balaban J connectivity index is 2.09. The lowest BCUT2D eigenvalue weighted by Crippen LogP contribution is -2.37. The van der Waals surface area contributed by atoms with Crippen molar-refractivity contribution in [1.82, 2.24) is 15.2 Å². The fourth-order valence-corrected chi connectivity index (χ4v) is 2.53. The predicted molar refractivity (Wildman–Crippen MR) is 110 cm³/mol. The molecule has 0 saturated carbocycles. The largest absolute Gasteiger partial charge is 0.446 e. The van der Waals surface area contributed by atoms with Gasteiger partial charge in [-0.2, -0.15) is 0 Å². The summed E-state index contributed by atoms with van der Waals surface area (Å²) in [4.78, 5) is 30.9. The van der Waals surface area contributed by atoms with Crippen LogP contribution < -0.4 is 5.32 Å². The minimum Gasteiger partial charge on any atom is -0.446 e. The second kappa shape index (κ2) is 10.4. The second-order valence-electron chi connectivity index (χ2n) is 6.88. The highest BCUT2D eigenvalue weighted by Crippen LogP contribution is 2.13. The van der Waals surface area contributed by atoms with E-state index in [1.807, 2.05) is 58.0 Å². The number of oxazole rings is 1. The van der Waals surface area contributed by atoms with Crippen LogP contribution in [0.15, 0.2) is 47.1 Å². The third kappa shape index (κ3) is 6.08. The van der Waals surface area contributed by atoms with E-state index >= 15 is 0 Å². The molecule has 6 nitrogen and oxygen atoms in total. The molecule has 0 aliphatic rings. The molecule has 0 aliphatic heterocycles. The van der Waals surface area contributed by atoms with Gasteiger partial charge < -0.3 is 14.6 Å². The summed E-state index contributed by atoms with van der Waals surface area (Å²) in [5.41, 5.74) is 1.19. The van der Waals surface area contributed by atoms with Crippen LogP contribution in [0.3, 0.4) is 0 Å². The number of hydrogen-bond donors (Lipinski definition) is 1. The molecule has 2 atom stereocenters. The van der Waals surface area contributed by atoms with Gasteiger partial charge in [0.25, 0.3) is 5.91 Å². The van der Waals surface area contributed by atoms with Crippen LogP contribution in [0.1, 0.15) is 62.5 Å². The fourth-order valence-electron chi connectivity index (χ4n) is 2.53. The first-order valence-corrected chi connectivity index (χ1v) is 9.73. The standard InChI is InChI=1S/C22H29N3O3/c1-5-16(3)23-22(27)19-15-28-20(24-19)14-25(17(4)6-2)21(26)13-12-18-10-8-7-9-11-18/h7-13,15-17H,5-6,14H2,1-4H3,(H,23,27). The van der Waals surface area contributed by atoms with Gasteiger partial charge in [-0.25, -0.2) is 4.98 Å². The molecule has 2 unspecified atom stereocenters. The molecule has 2 aromatic rings. The van der Waals surface area contributed by atoms with Crippen molar-refractivity contribution < 1.29 is 14.0 Å². The van der Waals surface area contributed by atoms with Crippen molar-refractivity contribution in [2.45, 2.75) is 59.2 Å². The summed E-state index contributed by atoms with van der Waals surface area (Å²) < 4.78 is 5.45. The molecule has 2 amide bonds. The molecule has 1 aromatic heterocycles. The Hall–Kier alpha value is -2.89. The average molecular weight is 383 g/mol. The maximum Gasteiger partial charge on any atom is 0.273 e. The number of nitrogens with one attached hydrogen (secondary N) is 1. The van der Waals surface area contributed by atoms with Crippen LogP contribution in [-0.2, 0) is 11.3 Å². The lowest BCUT2D eigenvalue weighted by molar-refractivity contribution is -0.129. The number of nitrogens with zero attached hydrogens (tertiary/aromatic N) is 2. The predicted octanol–water partition coefficient (Wildman–Crippen LogP) is 4.04. The number of benzene rings is 1. The van der Waals surface area contributed by atoms with Crippen molar-refractivity contribution in [1.29, 1.82) is 0 Å². The second-order valence-corrected chi connectivity index (χ2v) is 6.88. The van der Waals surface area contributed by atoms with Crippen molar-refractivity contribution >= 4 is 17.9 Å². The van der Waals surface area contributed by atoms with Crippen LogP contribution in [0.2, 0.25) is 0 Å². The topological polar surface area (TPSA) is 75.4 Å². The molecule has 0 radical (unpaired) electrons. The third-order valence-corrected chi connectivity index (χ3v) is 4.70. The molecule has 28 heavy (non-hydrogen) atoms. The average Bonchev–Trinajstić information content (AvgIpc) is 3.19. The lowest BCUT2D eigenvalue weighted by atomic mass is 10.2. The van der Waals surface area contributed by atoms with Crippen molar-refractivity contribution in [3.05, 3.63) is 59.8 Å². The molecule has 6 heteroatoms. The molecule has 150 valence electrons. The Labute approximate surface area is 166 Å². The first-order valence-electron chi connectivity index (χ1n) is 9.73. The smallest absolute Gasteiger partial charge is 0.273 e. The Morgan fingerprint density at radius 1 is 1.18 bits per heavy atom. The quantitative estimate of drug-likeness (QED) is 0.663. The van der Waals surface area contributed by atoms with Gasteiger partial charge in [0.2, 0.25) is 11.8 Å². The van der Waals surface area contributed by atoms with Gasteiger partial charge in [0.15, 0.2) is 5.69 Å². The number of rotatable bonds is 9. The SMILES string of the molecule is CCC(C)NC(=O)c1coc(CN(C(=O)C=Cc2ccccc2)C(C)CC)n1. The summed E-state index contributed by atoms with van der Waals surface area (Å²) in [6.07, 6.45) is 6.32. The van der Waals surface area contributed by atoms with Crippen molar-refractivity contribution in [2.75, 3.05) is 0 Å². The highest BCUT2D eigenvalue weighted by Gasteiger charge is 2.21. The van der Waals surface area contributed by atoms with Gasteiger partial charge >= 0.3 is 0 Å². The highest BCUT2D eigenvalue weighted by atomic mass is 16.3. The zero-order valence-corrected chi connectivity index (χ0v) is 17.0. The van der Waals surface area contributed by atoms with Gasteiger partial charge in [0.05, 0.1) is 6.54 Å². The van der Waals surface area contributed by atoms with Crippen LogP contribution in [0.4, 0.5) is 0 Å². The van der Waals surface area contributed by atoms with E-state index in [0.29, 0.717) is 5.89 Å². The van der Waals surface area contributed by atoms with E-state index in [4.69, 9.17) is 4.42 Å². The maximum atomic E-state index is 12.7. The van der Waals surface area contributed by atoms with E-state index in [-0.39, 0.29) is 36.1 Å². The Morgan fingerprint density at radius 3 is 2.54 bits per heavy atom. The normalized spacial score (nSPS) is 13.3. The molecule has 0 spiro atoms. The molecule has 0 fully saturated rings. The van der Waals surface area contributed by atoms with E-state index < -0.39 is 0 Å². The van der Waals surface area contributed by atoms with Crippen LogP contribution in [0.25, 0.3) is 6.08 Å². The minimum atomic E-state index is -0.269. The highest BCUT2D eigenvalue weighted by molar-refractivity contribution is 5.92. The van der Waals surface area contributed by atoms with E-state index in [9.17, 15) is 9.59 Å². The summed E-state index contributed by atoms with van der Waals surface area (Å²) in [6.45, 7) is 8.14. The Kier molecular flexibility index (Phi) is 7.99. The monoisotopic (exact) mass is 383 g/mol. The summed E-state index contributed by atoms with van der Waals surface area (Å²) in [5, 5.41) is 2.85. The number of amides is 2. The van der Waals surface area contributed by atoms with E-state index in [0.717, 1.165) is 18.4 Å². The lowest BCUT2D eigenvalue weighted by Gasteiger charge is -2.26. The first-order chi connectivity index (χ1) is 13.4. The maximum absolute atomic E-state index is 12.7. The summed E-state index contributed by atoms with van der Waals surface area (Å²) in [5.74, 6) is -0.0483. The zero-order chi connectivity index (χ0) is 20.5. The molecule has 0 aliphatic carbocycles. The molecule has 1 N–H and O–H groups in total.